The molecule has 6 aromatic heterocycles. The van der Waals surface area contributed by atoms with E-state index in [1.54, 1.807) is 30.3 Å². The number of hydrogen-bond acceptors (Lipinski definition) is 1. The van der Waals surface area contributed by atoms with Crippen LogP contribution in [0, 0.1) is 11.3 Å². The predicted molar refractivity (Wildman–Crippen MR) is 388 cm³/mol. The second-order valence-electron chi connectivity index (χ2n) is 25.0. The molecule has 0 saturated heterocycles. The Morgan fingerprint density at radius 3 is 0.771 bits per heavy atom. The standard InChI is InChI=1S/C86H50F3N7/c87-86(88,89)71-50-85(96-82-42-38-56(93-76-32-13-5-24-62(76)63-25-6-14-33-77(63)93)47-69(82)70-48-57(39-43-83(70)96)94-78-34-15-7-26-64(78)65-27-8-16-35-79(65)94)84(49-66(71)53-19-17-18-52(44-53)51-90)95-80-40-36-54(91-72-28-9-1-20-58(72)59-21-2-10-29-73(59)91)45-67(80)68-46-55(37-41-81(68)95)92-74-30-11-3-22-60(74)61-23-4-12-31-75(61)92/h1-50H. The van der Waals surface area contributed by atoms with Crippen molar-refractivity contribution in [2.45, 2.75) is 6.18 Å². The lowest BCUT2D eigenvalue weighted by Crippen LogP contribution is -2.12. The largest absolute Gasteiger partial charge is 0.417 e. The minimum Gasteiger partial charge on any atom is -0.309 e. The molecular weight excluding hydrogens is 1190 g/mol. The Hall–Kier alpha value is -12.8. The summed E-state index contributed by atoms with van der Waals surface area (Å²) >= 11 is 0. The average Bonchev–Trinajstić information content (AvgIpc) is 1.53. The van der Waals surface area contributed by atoms with Crippen LogP contribution in [-0.2, 0) is 6.18 Å². The molecule has 20 aromatic rings. The van der Waals surface area contributed by atoms with E-state index in [1.165, 1.54) is 6.07 Å². The first kappa shape index (κ1) is 53.8. The van der Waals surface area contributed by atoms with Crippen LogP contribution in [0.4, 0.5) is 13.2 Å². The van der Waals surface area contributed by atoms with Gasteiger partial charge >= 0.3 is 6.18 Å². The highest BCUT2D eigenvalue weighted by Crippen LogP contribution is 2.48. The molecule has 450 valence electrons. The van der Waals surface area contributed by atoms with Crippen molar-refractivity contribution < 1.29 is 13.2 Å². The van der Waals surface area contributed by atoms with Gasteiger partial charge in [0, 0.05) is 87.4 Å². The van der Waals surface area contributed by atoms with Gasteiger partial charge in [0.1, 0.15) is 0 Å². The molecule has 0 aliphatic carbocycles. The SMILES string of the molecule is N#Cc1cccc(-c2cc(-n3c4ccc(-n5c6ccccc6c6ccccc65)cc4c4cc(-n5c6ccccc6c6ccccc65)ccc43)c(-n3c4ccc(-n5c6ccccc6c6ccccc65)cc4c4cc(-n5c6ccccc6c6ccccc65)ccc43)cc2C(F)(F)F)c1. The van der Waals surface area contributed by atoms with Crippen LogP contribution in [0.2, 0.25) is 0 Å². The van der Waals surface area contributed by atoms with E-state index in [0.29, 0.717) is 22.4 Å². The molecule has 96 heavy (non-hydrogen) atoms. The number of para-hydroxylation sites is 8. The van der Waals surface area contributed by atoms with Crippen molar-refractivity contribution in [3.8, 4) is 51.3 Å². The van der Waals surface area contributed by atoms with Gasteiger partial charge in [-0.25, -0.2) is 0 Å². The van der Waals surface area contributed by atoms with Crippen LogP contribution in [0.5, 0.6) is 0 Å². The van der Waals surface area contributed by atoms with Crippen LogP contribution in [0.1, 0.15) is 11.1 Å². The summed E-state index contributed by atoms with van der Waals surface area (Å²) in [5, 5.41) is 22.8. The molecular formula is C86H50F3N7. The van der Waals surface area contributed by atoms with E-state index in [1.807, 2.05) is 4.57 Å². The fourth-order valence-corrected chi connectivity index (χ4v) is 16.0. The van der Waals surface area contributed by atoms with Gasteiger partial charge in [-0.1, -0.05) is 158 Å². The van der Waals surface area contributed by atoms with Gasteiger partial charge in [0.15, 0.2) is 0 Å². The van der Waals surface area contributed by atoms with E-state index < -0.39 is 11.7 Å². The first-order valence-electron chi connectivity index (χ1n) is 32.1. The maximum atomic E-state index is 16.8. The summed E-state index contributed by atoms with van der Waals surface area (Å²) in [7, 11) is 0. The molecule has 0 radical (unpaired) electrons. The number of alkyl halides is 3. The summed E-state index contributed by atoms with van der Waals surface area (Å²) < 4.78 is 63.8. The molecule has 0 spiro atoms. The Balaban J connectivity index is 0.928. The van der Waals surface area contributed by atoms with E-state index >= 15 is 13.2 Å². The smallest absolute Gasteiger partial charge is 0.309 e. The number of nitrogens with zero attached hydrogens (tertiary/aromatic N) is 7. The lowest BCUT2D eigenvalue weighted by Gasteiger charge is -2.22. The molecule has 0 fully saturated rings. The Kier molecular flexibility index (Phi) is 11.3. The van der Waals surface area contributed by atoms with Gasteiger partial charge in [0.25, 0.3) is 0 Å². The molecule has 0 aliphatic heterocycles. The maximum Gasteiger partial charge on any atom is 0.417 e. The van der Waals surface area contributed by atoms with Gasteiger partial charge < -0.3 is 27.4 Å². The van der Waals surface area contributed by atoms with Gasteiger partial charge in [0.2, 0.25) is 0 Å². The van der Waals surface area contributed by atoms with Crippen molar-refractivity contribution >= 4 is 131 Å². The number of halogens is 3. The van der Waals surface area contributed by atoms with E-state index in [9.17, 15) is 5.26 Å². The Morgan fingerprint density at radius 2 is 0.500 bits per heavy atom. The summed E-state index contributed by atoms with van der Waals surface area (Å²) in [6.45, 7) is 0. The van der Waals surface area contributed by atoms with Gasteiger partial charge in [-0.05, 0) is 157 Å². The molecule has 7 nitrogen and oxygen atoms in total. The lowest BCUT2D eigenvalue weighted by molar-refractivity contribution is -0.137. The number of aromatic nitrogens is 6. The minimum absolute atomic E-state index is 0.0554. The van der Waals surface area contributed by atoms with E-state index in [-0.39, 0.29) is 16.7 Å². The first-order valence-corrected chi connectivity index (χ1v) is 32.1. The third-order valence-electron chi connectivity index (χ3n) is 20.0. The summed E-state index contributed by atoms with van der Waals surface area (Å²) in [5.74, 6) is 0. The zero-order valence-corrected chi connectivity index (χ0v) is 51.1. The molecule has 10 heteroatoms. The van der Waals surface area contributed by atoms with E-state index in [2.05, 4.69) is 296 Å². The first-order chi connectivity index (χ1) is 47.2. The van der Waals surface area contributed by atoms with Crippen molar-refractivity contribution in [3.05, 3.63) is 314 Å². The third kappa shape index (κ3) is 7.65. The number of fused-ring (bicyclic) bond motifs is 18. The molecule has 0 aliphatic rings. The van der Waals surface area contributed by atoms with Gasteiger partial charge in [0.05, 0.1) is 94.8 Å². The average molecular weight is 1240 g/mol. The molecule has 0 amide bonds. The van der Waals surface area contributed by atoms with Crippen LogP contribution in [0.25, 0.3) is 176 Å². The summed E-state index contributed by atoms with van der Waals surface area (Å²) in [6, 6.07) is 105. The van der Waals surface area contributed by atoms with Crippen LogP contribution in [0.3, 0.4) is 0 Å². The topological polar surface area (TPSA) is 53.4 Å². The predicted octanol–water partition coefficient (Wildman–Crippen LogP) is 22.8. The Labute approximate surface area is 545 Å². The molecule has 0 saturated carbocycles. The Bertz CT molecular complexity index is 6240. The Morgan fingerprint density at radius 1 is 0.240 bits per heavy atom. The number of nitriles is 1. The number of benzene rings is 14. The number of hydrogen-bond donors (Lipinski definition) is 0. The van der Waals surface area contributed by atoms with Crippen LogP contribution >= 0.6 is 0 Å². The lowest BCUT2D eigenvalue weighted by atomic mass is 9.95. The van der Waals surface area contributed by atoms with Crippen LogP contribution in [-0.4, -0.2) is 27.4 Å². The zero-order valence-electron chi connectivity index (χ0n) is 51.1. The van der Waals surface area contributed by atoms with Crippen molar-refractivity contribution in [1.82, 2.24) is 27.4 Å². The second-order valence-corrected chi connectivity index (χ2v) is 25.0. The van der Waals surface area contributed by atoms with Crippen molar-refractivity contribution in [1.29, 1.82) is 5.26 Å². The summed E-state index contributed by atoms with van der Waals surface area (Å²) in [5.41, 5.74) is 15.5. The molecule has 0 N–H and O–H groups in total. The van der Waals surface area contributed by atoms with Gasteiger partial charge in [-0.15, -0.1) is 0 Å². The molecule has 20 rings (SSSR count). The van der Waals surface area contributed by atoms with Crippen molar-refractivity contribution in [2.75, 3.05) is 0 Å². The molecule has 0 unspecified atom stereocenters. The van der Waals surface area contributed by atoms with Gasteiger partial charge in [-0.2, -0.15) is 18.4 Å². The molecule has 0 atom stereocenters. The van der Waals surface area contributed by atoms with Crippen molar-refractivity contribution in [3.63, 3.8) is 0 Å². The fraction of sp³-hybridized carbons (Fsp3) is 0.0116. The summed E-state index contributed by atoms with van der Waals surface area (Å²) in [6.07, 6.45) is -4.85. The third-order valence-corrected chi connectivity index (χ3v) is 20.0. The van der Waals surface area contributed by atoms with Crippen molar-refractivity contribution in [2.24, 2.45) is 0 Å². The molecule has 14 aromatic carbocycles. The highest BCUT2D eigenvalue weighted by Gasteiger charge is 2.37. The quantitative estimate of drug-likeness (QED) is 0.157. The summed E-state index contributed by atoms with van der Waals surface area (Å²) in [4.78, 5) is 0. The van der Waals surface area contributed by atoms with Crippen LogP contribution in [0.15, 0.2) is 303 Å². The highest BCUT2D eigenvalue weighted by atomic mass is 19.4. The maximum absolute atomic E-state index is 16.8. The normalized spacial score (nSPS) is 12.3. The zero-order chi connectivity index (χ0) is 63.7. The molecule has 6 heterocycles. The second kappa shape index (κ2) is 20.1. The van der Waals surface area contributed by atoms with E-state index in [0.717, 1.165) is 143 Å². The highest BCUT2D eigenvalue weighted by molar-refractivity contribution is 6.17. The fourth-order valence-electron chi connectivity index (χ4n) is 16.0. The van der Waals surface area contributed by atoms with Crippen LogP contribution < -0.4 is 0 Å². The van der Waals surface area contributed by atoms with Gasteiger partial charge in [-0.3, -0.25) is 0 Å². The minimum atomic E-state index is -4.85. The monoisotopic (exact) mass is 1240 g/mol. The molecule has 0 bridgehead atoms. The van der Waals surface area contributed by atoms with E-state index in [4.69, 9.17) is 0 Å². The number of rotatable bonds is 7.